The number of nitrogens with two attached hydrogens (primary N) is 8. The van der Waals surface area contributed by atoms with E-state index in [1.807, 2.05) is 22.6 Å². The third kappa shape index (κ3) is 2.82. The Morgan fingerprint density at radius 2 is 1.13 bits per heavy atom. The molecular weight excluding hydrogens is 407 g/mol. The van der Waals surface area contributed by atoms with Gasteiger partial charge in [0, 0.05) is 11.1 Å². The fourth-order valence-electron chi connectivity index (χ4n) is 2.08. The van der Waals surface area contributed by atoms with Gasteiger partial charge in [-0.1, -0.05) is 0 Å². The third-order valence-electron chi connectivity index (χ3n) is 3.51. The van der Waals surface area contributed by atoms with Crippen molar-refractivity contribution in [2.24, 2.45) is 11.5 Å². The number of rotatable bonds is 2. The van der Waals surface area contributed by atoms with Gasteiger partial charge in [0.15, 0.2) is 0 Å². The Labute approximate surface area is 147 Å². The van der Waals surface area contributed by atoms with E-state index in [1.165, 1.54) is 0 Å². The summed E-state index contributed by atoms with van der Waals surface area (Å²) >= 11 is 2.00. The van der Waals surface area contributed by atoms with Gasteiger partial charge in [-0.15, -0.1) is 0 Å². The van der Waals surface area contributed by atoms with Crippen LogP contribution < -0.4 is 45.9 Å². The van der Waals surface area contributed by atoms with Crippen molar-refractivity contribution in [3.05, 3.63) is 32.9 Å². The number of hydrogen-bond donors (Lipinski definition) is 8. The number of benzene rings is 2. The largest absolute Gasteiger partial charge is 0.397 e. The van der Waals surface area contributed by atoms with Crippen LogP contribution >= 0.6 is 22.6 Å². The molecule has 2 aromatic carbocycles. The Kier molecular flexibility index (Phi) is 4.23. The van der Waals surface area contributed by atoms with E-state index in [9.17, 15) is 0 Å². The maximum atomic E-state index is 6.16. The van der Waals surface area contributed by atoms with Crippen molar-refractivity contribution < 1.29 is 0 Å². The molecule has 0 unspecified atom stereocenters. The minimum Gasteiger partial charge on any atom is -0.397 e. The molecule has 8 nitrogen and oxygen atoms in total. The number of halogens is 1. The van der Waals surface area contributed by atoms with Gasteiger partial charge in [0.2, 0.25) is 0 Å². The second-order valence-electron chi connectivity index (χ2n) is 5.05. The van der Waals surface area contributed by atoms with E-state index in [0.717, 1.165) is 0 Å². The molecule has 0 spiro atoms. The molecule has 9 heteroatoms. The fraction of sp³-hybridized carbons (Fsp3) is 0. The van der Waals surface area contributed by atoms with Crippen LogP contribution in [0.15, 0.2) is 18.2 Å². The first-order chi connectivity index (χ1) is 10.6. The molecular formula is C14H19IN8. The van der Waals surface area contributed by atoms with Crippen LogP contribution in [-0.2, 0) is 0 Å². The first kappa shape index (κ1) is 16.7. The molecule has 0 aliphatic carbocycles. The summed E-state index contributed by atoms with van der Waals surface area (Å²) in [6, 6.07) is 4.77. The normalized spacial score (nSPS) is 12.0. The van der Waals surface area contributed by atoms with Crippen LogP contribution in [0.4, 0.5) is 34.1 Å². The lowest BCUT2D eigenvalue weighted by atomic mass is 10.0. The zero-order valence-electron chi connectivity index (χ0n) is 12.2. The highest BCUT2D eigenvalue weighted by molar-refractivity contribution is 14.1. The summed E-state index contributed by atoms with van der Waals surface area (Å²) in [5.41, 5.74) is 51.1. The van der Waals surface area contributed by atoms with Crippen LogP contribution in [0.25, 0.3) is 11.4 Å². The molecule has 0 aliphatic heterocycles. The van der Waals surface area contributed by atoms with E-state index < -0.39 is 0 Å². The minimum atomic E-state index is 0.246. The highest BCUT2D eigenvalue weighted by atomic mass is 127. The summed E-state index contributed by atoms with van der Waals surface area (Å²) in [6.45, 7) is 0. The molecule has 0 atom stereocenters. The van der Waals surface area contributed by atoms with Crippen LogP contribution in [0, 0.1) is 3.57 Å². The molecule has 0 heterocycles. The topological polar surface area (TPSA) is 208 Å². The Morgan fingerprint density at radius 1 is 0.652 bits per heavy atom. The molecule has 0 amide bonds. The summed E-state index contributed by atoms with van der Waals surface area (Å²) in [6.07, 6.45) is 0. The molecule has 23 heavy (non-hydrogen) atoms. The second-order valence-corrected chi connectivity index (χ2v) is 6.13. The molecule has 122 valence electrons. The highest BCUT2D eigenvalue weighted by Crippen LogP contribution is 2.35. The van der Waals surface area contributed by atoms with Gasteiger partial charge in [-0.25, -0.2) is 0 Å². The predicted octanol–water partition coefficient (Wildman–Crippen LogP) is 0.528. The molecule has 2 aromatic rings. The van der Waals surface area contributed by atoms with Crippen molar-refractivity contribution >= 4 is 68.1 Å². The Hall–Kier alpha value is -2.69. The van der Waals surface area contributed by atoms with Gasteiger partial charge < -0.3 is 45.9 Å². The Bertz CT molecular complexity index is 805. The standard InChI is InChI=1S/C14H19IN8/c15-9-11(20)5(3-8(18)14(9)23)12(21)10(19)4-1-6(16)13(22)7(17)2-4/h1-3H,16-23H2/b12-10-. The van der Waals surface area contributed by atoms with E-state index in [-0.39, 0.29) is 11.4 Å². The first-order valence-electron chi connectivity index (χ1n) is 6.48. The van der Waals surface area contributed by atoms with Crippen LogP contribution in [0.5, 0.6) is 0 Å². The first-order valence-corrected chi connectivity index (χ1v) is 7.56. The molecule has 0 bridgehead atoms. The molecule has 0 aliphatic rings. The highest BCUT2D eigenvalue weighted by Gasteiger charge is 2.16. The summed E-state index contributed by atoms with van der Waals surface area (Å²) < 4.78 is 0.615. The maximum Gasteiger partial charge on any atom is 0.0781 e. The van der Waals surface area contributed by atoms with E-state index in [2.05, 4.69) is 0 Å². The van der Waals surface area contributed by atoms with Crippen molar-refractivity contribution in [2.75, 3.05) is 34.4 Å². The molecule has 2 rings (SSSR count). The summed E-state index contributed by atoms with van der Waals surface area (Å²) in [4.78, 5) is 0. The zero-order valence-corrected chi connectivity index (χ0v) is 14.4. The van der Waals surface area contributed by atoms with Crippen LogP contribution in [0.1, 0.15) is 11.1 Å². The minimum absolute atomic E-state index is 0.246. The van der Waals surface area contributed by atoms with Crippen molar-refractivity contribution in [2.45, 2.75) is 0 Å². The Balaban J connectivity index is 2.67. The quantitative estimate of drug-likeness (QED) is 0.192. The van der Waals surface area contributed by atoms with Gasteiger partial charge in [0.25, 0.3) is 0 Å². The van der Waals surface area contributed by atoms with Crippen LogP contribution in [-0.4, -0.2) is 0 Å². The van der Waals surface area contributed by atoms with Crippen LogP contribution in [0.3, 0.4) is 0 Å². The predicted molar refractivity (Wildman–Crippen MR) is 107 cm³/mol. The number of nitrogen functional groups attached to an aromatic ring is 6. The number of anilines is 6. The van der Waals surface area contributed by atoms with E-state index in [4.69, 9.17) is 45.9 Å². The smallest absolute Gasteiger partial charge is 0.0781 e. The summed E-state index contributed by atoms with van der Waals surface area (Å²) in [7, 11) is 0. The van der Waals surface area contributed by atoms with Crippen molar-refractivity contribution in [3.63, 3.8) is 0 Å². The summed E-state index contributed by atoms with van der Waals surface area (Å²) in [5, 5.41) is 0. The SMILES string of the molecule is N/C(=C(\N)c1cc(N)c(N)c(I)c1N)c1cc(N)c(N)c(N)c1. The van der Waals surface area contributed by atoms with Crippen molar-refractivity contribution in [1.82, 2.24) is 0 Å². The van der Waals surface area contributed by atoms with Gasteiger partial charge >= 0.3 is 0 Å². The molecule has 0 saturated heterocycles. The molecule has 0 radical (unpaired) electrons. The molecule has 16 N–H and O–H groups in total. The maximum absolute atomic E-state index is 6.16. The van der Waals surface area contributed by atoms with Gasteiger partial charge in [-0.3, -0.25) is 0 Å². The lowest BCUT2D eigenvalue weighted by molar-refractivity contribution is 1.44. The van der Waals surface area contributed by atoms with Crippen molar-refractivity contribution in [1.29, 1.82) is 0 Å². The zero-order chi connectivity index (χ0) is 17.5. The average Bonchev–Trinajstić information content (AvgIpc) is 2.52. The van der Waals surface area contributed by atoms with Gasteiger partial charge in [-0.2, -0.15) is 0 Å². The van der Waals surface area contributed by atoms with Gasteiger partial charge in [0.05, 0.1) is 49.1 Å². The average molecular weight is 426 g/mol. The third-order valence-corrected chi connectivity index (χ3v) is 4.67. The van der Waals surface area contributed by atoms with E-state index in [0.29, 0.717) is 48.8 Å². The Morgan fingerprint density at radius 3 is 1.65 bits per heavy atom. The molecule has 0 saturated carbocycles. The fourth-order valence-corrected chi connectivity index (χ4v) is 2.68. The summed E-state index contributed by atoms with van der Waals surface area (Å²) in [5.74, 6) is 0. The van der Waals surface area contributed by atoms with Crippen molar-refractivity contribution in [3.8, 4) is 0 Å². The van der Waals surface area contributed by atoms with Gasteiger partial charge in [0.1, 0.15) is 0 Å². The lowest BCUT2D eigenvalue weighted by Crippen LogP contribution is -2.13. The number of hydrogen-bond acceptors (Lipinski definition) is 8. The lowest BCUT2D eigenvalue weighted by Gasteiger charge is -2.16. The van der Waals surface area contributed by atoms with Gasteiger partial charge in [-0.05, 0) is 40.8 Å². The van der Waals surface area contributed by atoms with E-state index in [1.54, 1.807) is 18.2 Å². The second kappa shape index (κ2) is 5.83. The molecule has 0 fully saturated rings. The van der Waals surface area contributed by atoms with E-state index >= 15 is 0 Å². The molecule has 0 aromatic heterocycles. The van der Waals surface area contributed by atoms with Crippen LogP contribution in [0.2, 0.25) is 0 Å². The monoisotopic (exact) mass is 426 g/mol.